The highest BCUT2D eigenvalue weighted by molar-refractivity contribution is 6.18. The summed E-state index contributed by atoms with van der Waals surface area (Å²) in [6.07, 6.45) is 5.98. The largest absolute Gasteiger partial charge is 0.346 e. The van der Waals surface area contributed by atoms with Crippen LogP contribution >= 0.6 is 11.6 Å². The van der Waals surface area contributed by atoms with Crippen LogP contribution in [0.2, 0.25) is 0 Å². The molecule has 114 valence electrons. The fourth-order valence-electron chi connectivity index (χ4n) is 4.21. The van der Waals surface area contributed by atoms with Crippen LogP contribution in [0.5, 0.6) is 0 Å². The van der Waals surface area contributed by atoms with Crippen molar-refractivity contribution in [2.45, 2.75) is 44.6 Å². The summed E-state index contributed by atoms with van der Waals surface area (Å²) >= 11 is 6.15. The van der Waals surface area contributed by atoms with Gasteiger partial charge in [-0.25, -0.2) is 0 Å². The summed E-state index contributed by atoms with van der Waals surface area (Å²) in [5, 5.41) is 3.17. The van der Waals surface area contributed by atoms with Crippen molar-refractivity contribution in [1.29, 1.82) is 0 Å². The van der Waals surface area contributed by atoms with E-state index in [1.165, 1.54) is 25.7 Å². The lowest BCUT2D eigenvalue weighted by Gasteiger charge is -2.30. The Balaban J connectivity index is 1.62. The molecule has 0 saturated heterocycles. The van der Waals surface area contributed by atoms with Crippen molar-refractivity contribution in [3.63, 3.8) is 0 Å². The van der Waals surface area contributed by atoms with Gasteiger partial charge in [-0.15, -0.1) is 11.6 Å². The van der Waals surface area contributed by atoms with E-state index in [2.05, 4.69) is 5.32 Å². The van der Waals surface area contributed by atoms with Gasteiger partial charge in [0.25, 0.3) is 0 Å². The van der Waals surface area contributed by atoms with E-state index >= 15 is 0 Å². The minimum atomic E-state index is -0.475. The molecule has 4 unspecified atom stereocenters. The highest BCUT2D eigenvalue weighted by atomic mass is 35.5. The number of benzene rings is 1. The van der Waals surface area contributed by atoms with Crippen LogP contribution in [0.15, 0.2) is 30.3 Å². The van der Waals surface area contributed by atoms with Crippen LogP contribution in [-0.2, 0) is 10.3 Å². The first-order valence-electron chi connectivity index (χ1n) is 8.03. The molecular weight excluding hydrogens is 282 g/mol. The Morgan fingerprint density at radius 2 is 2.05 bits per heavy atom. The van der Waals surface area contributed by atoms with E-state index < -0.39 is 5.54 Å². The van der Waals surface area contributed by atoms with E-state index in [0.717, 1.165) is 17.4 Å². The van der Waals surface area contributed by atoms with Crippen LogP contribution in [-0.4, -0.2) is 11.8 Å². The van der Waals surface area contributed by atoms with Crippen LogP contribution in [0.4, 0.5) is 0 Å². The molecule has 4 atom stereocenters. The van der Waals surface area contributed by atoms with Gasteiger partial charge < -0.3 is 5.32 Å². The molecule has 0 aliphatic heterocycles. The van der Waals surface area contributed by atoms with Crippen LogP contribution in [0, 0.1) is 17.8 Å². The van der Waals surface area contributed by atoms with E-state index in [-0.39, 0.29) is 5.91 Å². The number of hydrogen-bond donors (Lipinski definition) is 1. The highest BCUT2D eigenvalue weighted by Crippen LogP contribution is 2.49. The molecule has 1 aromatic carbocycles. The van der Waals surface area contributed by atoms with Gasteiger partial charge in [-0.2, -0.15) is 0 Å². The second kappa shape index (κ2) is 6.00. The van der Waals surface area contributed by atoms with Gasteiger partial charge in [0.05, 0.1) is 5.54 Å². The molecule has 1 aromatic rings. The Labute approximate surface area is 132 Å². The predicted molar refractivity (Wildman–Crippen MR) is 86.2 cm³/mol. The normalized spacial score (nSPS) is 30.1. The number of carbonyl (C=O) groups is 1. The van der Waals surface area contributed by atoms with Crippen LogP contribution in [0.1, 0.15) is 44.6 Å². The maximum atomic E-state index is 12.5. The number of hydrogen-bond acceptors (Lipinski definition) is 1. The third kappa shape index (κ3) is 3.11. The molecule has 2 saturated carbocycles. The van der Waals surface area contributed by atoms with Crippen molar-refractivity contribution in [1.82, 2.24) is 5.32 Å². The zero-order chi connectivity index (χ0) is 14.9. The van der Waals surface area contributed by atoms with Gasteiger partial charge in [-0.1, -0.05) is 36.8 Å². The van der Waals surface area contributed by atoms with Crippen LogP contribution in [0.3, 0.4) is 0 Å². The minimum absolute atomic E-state index is 0.152. The molecule has 2 bridgehead atoms. The van der Waals surface area contributed by atoms with Gasteiger partial charge in [-0.3, -0.25) is 4.79 Å². The summed E-state index contributed by atoms with van der Waals surface area (Å²) in [6, 6.07) is 10.0. The monoisotopic (exact) mass is 305 g/mol. The van der Waals surface area contributed by atoms with Crippen LogP contribution in [0.25, 0.3) is 0 Å². The Morgan fingerprint density at radius 1 is 1.29 bits per heavy atom. The maximum absolute atomic E-state index is 12.5. The predicted octanol–water partition coefficient (Wildman–Crippen LogP) is 4.08. The maximum Gasteiger partial charge on any atom is 0.221 e. The number of alkyl halides is 1. The average molecular weight is 306 g/mol. The highest BCUT2D eigenvalue weighted by Gasteiger charge is 2.40. The smallest absolute Gasteiger partial charge is 0.221 e. The van der Waals surface area contributed by atoms with Gasteiger partial charge in [0.2, 0.25) is 5.91 Å². The molecule has 0 heterocycles. The molecule has 1 N–H and O–H groups in total. The van der Waals surface area contributed by atoms with Crippen molar-refractivity contribution in [3.05, 3.63) is 35.9 Å². The molecule has 2 aliphatic rings. The lowest BCUT2D eigenvalue weighted by molar-refractivity contribution is -0.124. The minimum Gasteiger partial charge on any atom is -0.346 e. The van der Waals surface area contributed by atoms with E-state index in [0.29, 0.717) is 18.2 Å². The Kier molecular flexibility index (Phi) is 4.26. The lowest BCUT2D eigenvalue weighted by atomic mass is 9.85. The average Bonchev–Trinajstić information content (AvgIpc) is 3.10. The first-order valence-corrected chi connectivity index (χ1v) is 8.56. The molecule has 3 heteroatoms. The molecule has 0 radical (unpaired) electrons. The third-order valence-corrected chi connectivity index (χ3v) is 5.96. The van der Waals surface area contributed by atoms with Gasteiger partial charge >= 0.3 is 0 Å². The lowest BCUT2D eigenvalue weighted by Crippen LogP contribution is -2.45. The van der Waals surface area contributed by atoms with E-state index in [1.807, 2.05) is 37.3 Å². The fraction of sp³-hybridized carbons (Fsp3) is 0.611. The summed E-state index contributed by atoms with van der Waals surface area (Å²) in [5.74, 6) is 2.82. The number of nitrogens with one attached hydrogen (secondary N) is 1. The summed E-state index contributed by atoms with van der Waals surface area (Å²) < 4.78 is 0. The number of amides is 1. The summed E-state index contributed by atoms with van der Waals surface area (Å²) in [4.78, 5) is 12.5. The molecule has 0 spiro atoms. The molecule has 2 aliphatic carbocycles. The second-order valence-electron chi connectivity index (χ2n) is 7.02. The van der Waals surface area contributed by atoms with Crippen molar-refractivity contribution in [3.8, 4) is 0 Å². The molecule has 0 aromatic heterocycles. The number of halogens is 1. The van der Waals surface area contributed by atoms with E-state index in [1.54, 1.807) is 0 Å². The van der Waals surface area contributed by atoms with Gasteiger partial charge in [-0.05, 0) is 49.5 Å². The Morgan fingerprint density at radius 3 is 2.62 bits per heavy atom. The van der Waals surface area contributed by atoms with E-state index in [9.17, 15) is 4.79 Å². The summed E-state index contributed by atoms with van der Waals surface area (Å²) in [6.45, 7) is 2.01. The molecule has 2 nitrogen and oxygen atoms in total. The SMILES string of the molecule is CC(CCl)(NC(=O)CC1CC2CCC1C2)c1ccccc1. The van der Waals surface area contributed by atoms with Crippen molar-refractivity contribution < 1.29 is 4.79 Å². The molecule has 3 rings (SSSR count). The van der Waals surface area contributed by atoms with Gasteiger partial charge in [0.15, 0.2) is 0 Å². The Bertz CT molecular complexity index is 503. The molecule has 1 amide bonds. The number of fused-ring (bicyclic) bond motifs is 2. The zero-order valence-electron chi connectivity index (χ0n) is 12.6. The number of rotatable bonds is 5. The molecule has 21 heavy (non-hydrogen) atoms. The zero-order valence-corrected chi connectivity index (χ0v) is 13.4. The Hall–Kier alpha value is -1.02. The topological polar surface area (TPSA) is 29.1 Å². The standard InChI is InChI=1S/C18H24ClNO/c1-18(12-19,16-5-3-2-4-6-16)20-17(21)11-15-10-13-7-8-14(15)9-13/h2-6,13-15H,7-12H2,1H3,(H,20,21). The quantitative estimate of drug-likeness (QED) is 0.816. The van der Waals surface area contributed by atoms with Crippen molar-refractivity contribution in [2.24, 2.45) is 17.8 Å². The van der Waals surface area contributed by atoms with Crippen molar-refractivity contribution in [2.75, 3.05) is 5.88 Å². The third-order valence-electron chi connectivity index (χ3n) is 5.43. The number of carbonyl (C=O) groups excluding carboxylic acids is 1. The van der Waals surface area contributed by atoms with E-state index in [4.69, 9.17) is 11.6 Å². The molecular formula is C18H24ClNO. The van der Waals surface area contributed by atoms with Crippen molar-refractivity contribution >= 4 is 17.5 Å². The first kappa shape index (κ1) is 14.9. The summed E-state index contributed by atoms with van der Waals surface area (Å²) in [5.41, 5.74) is 0.596. The summed E-state index contributed by atoms with van der Waals surface area (Å²) in [7, 11) is 0. The van der Waals surface area contributed by atoms with Gasteiger partial charge in [0, 0.05) is 12.3 Å². The van der Waals surface area contributed by atoms with Gasteiger partial charge in [0.1, 0.15) is 0 Å². The molecule has 2 fully saturated rings. The second-order valence-corrected chi connectivity index (χ2v) is 7.29. The fourth-order valence-corrected chi connectivity index (χ4v) is 4.43. The van der Waals surface area contributed by atoms with Crippen LogP contribution < -0.4 is 5.32 Å². The first-order chi connectivity index (χ1) is 10.1.